The highest BCUT2D eigenvalue weighted by molar-refractivity contribution is 7.98. The number of nitrogens with zero attached hydrogens (tertiary/aromatic N) is 4. The van der Waals surface area contributed by atoms with Gasteiger partial charge in [-0.2, -0.15) is 0 Å². The van der Waals surface area contributed by atoms with Gasteiger partial charge in [0.25, 0.3) is 5.91 Å². The van der Waals surface area contributed by atoms with Gasteiger partial charge < -0.3 is 30.0 Å². The van der Waals surface area contributed by atoms with Crippen molar-refractivity contribution in [1.29, 1.82) is 0 Å². The SMILES string of the molecule is CCCC.CCCCCCCCCCCCCCCCC.NC(=O)c1cc(Oc2ccc(CSc3nnnn3CC(=O)O)cc2NS(=O)[O-])c2ccccc2c1O. The second-order valence-corrected chi connectivity index (χ2v) is 15.5. The molecule has 3 aromatic carbocycles. The molecule has 1 aromatic heterocycles. The minimum absolute atomic E-state index is 0.101. The van der Waals surface area contributed by atoms with Crippen LogP contribution in [0.4, 0.5) is 5.69 Å². The first kappa shape index (κ1) is 48.9. The second kappa shape index (κ2) is 29.1. The Morgan fingerprint density at radius 3 is 1.84 bits per heavy atom. The molecule has 0 spiro atoms. The van der Waals surface area contributed by atoms with Crippen LogP contribution in [0.1, 0.15) is 153 Å². The van der Waals surface area contributed by atoms with E-state index in [0.717, 1.165) is 16.4 Å². The van der Waals surface area contributed by atoms with Gasteiger partial charge in [-0.25, -0.2) is 4.68 Å². The standard InChI is InChI=1S/C21H18N6O7S2.C17H36.C4H10/c22-20(31)14-8-17(12-3-1-2-4-13(12)19(14)30)34-16-6-5-11(7-15(16)24-36(32)33)10-35-21-23-25-26-27(21)9-18(28)29;1-3-5-7-9-11-13-15-17-16-14-12-10-8-6-4-2;1-3-4-2/h1-8,24,30H,9-10H2,(H2,22,31)(H,28,29)(H,32,33);3-17H2,1-2H3;3-4H2,1-2H3/p-1. The van der Waals surface area contributed by atoms with Crippen LogP contribution in [-0.2, 0) is 28.4 Å². The Bertz CT molecular complexity index is 1770. The summed E-state index contributed by atoms with van der Waals surface area (Å²) in [6.07, 6.45) is 24.6. The molecule has 15 heteroatoms. The molecule has 57 heavy (non-hydrogen) atoms. The Balaban J connectivity index is 0.000000447. The molecule has 0 bridgehead atoms. The number of benzene rings is 3. The molecule has 0 aliphatic rings. The molecular formula is C42H63N6O7S2-. The number of aromatic hydroxyl groups is 1. The molecule has 0 saturated carbocycles. The molecule has 316 valence electrons. The Kier molecular flexibility index (Phi) is 25.0. The lowest BCUT2D eigenvalue weighted by Gasteiger charge is -2.17. The van der Waals surface area contributed by atoms with Crippen LogP contribution in [0.25, 0.3) is 10.8 Å². The molecule has 1 unspecified atom stereocenters. The maximum Gasteiger partial charge on any atom is 0.325 e. The highest BCUT2D eigenvalue weighted by Gasteiger charge is 2.18. The fourth-order valence-electron chi connectivity index (χ4n) is 5.76. The quantitative estimate of drug-likeness (QED) is 0.0281. The lowest BCUT2D eigenvalue weighted by molar-refractivity contribution is -0.138. The smallest absolute Gasteiger partial charge is 0.325 e. The normalized spacial score (nSPS) is 11.2. The third-order valence-corrected chi connectivity index (χ3v) is 10.5. The first-order chi connectivity index (χ1) is 27.6. The number of anilines is 1. The number of nitrogens with one attached hydrogen (secondary N) is 1. The van der Waals surface area contributed by atoms with E-state index in [1.165, 1.54) is 127 Å². The van der Waals surface area contributed by atoms with Gasteiger partial charge in [0.05, 0.1) is 11.3 Å². The first-order valence-corrected chi connectivity index (χ1v) is 22.4. The third kappa shape index (κ3) is 19.2. The summed E-state index contributed by atoms with van der Waals surface area (Å²) in [6.45, 7) is 8.54. The van der Waals surface area contributed by atoms with E-state index in [0.29, 0.717) is 16.3 Å². The molecule has 1 heterocycles. The molecule has 0 aliphatic carbocycles. The van der Waals surface area contributed by atoms with Gasteiger partial charge in [-0.15, -0.1) is 5.10 Å². The number of nitrogens with two attached hydrogens (primary N) is 1. The molecule has 1 amide bonds. The average molecular weight is 828 g/mol. The summed E-state index contributed by atoms with van der Waals surface area (Å²) in [7, 11) is 0. The van der Waals surface area contributed by atoms with Crippen molar-refractivity contribution >= 4 is 51.4 Å². The van der Waals surface area contributed by atoms with Gasteiger partial charge in [0, 0.05) is 27.8 Å². The zero-order valence-corrected chi connectivity index (χ0v) is 35.8. The zero-order valence-electron chi connectivity index (χ0n) is 34.2. The summed E-state index contributed by atoms with van der Waals surface area (Å²) >= 11 is -1.53. The summed E-state index contributed by atoms with van der Waals surface area (Å²) in [5.74, 6) is -1.67. The number of unbranched alkanes of at least 4 members (excludes halogenated alkanes) is 15. The van der Waals surface area contributed by atoms with E-state index < -0.39 is 29.7 Å². The number of hydrogen-bond acceptors (Lipinski definition) is 10. The Morgan fingerprint density at radius 1 is 0.807 bits per heavy atom. The number of carboxylic acid groups (broad SMARTS) is 1. The molecule has 0 radical (unpaired) electrons. The van der Waals surface area contributed by atoms with Gasteiger partial charge in [0.15, 0.2) is 5.75 Å². The lowest BCUT2D eigenvalue weighted by Crippen LogP contribution is -2.11. The van der Waals surface area contributed by atoms with E-state index in [-0.39, 0.29) is 39.4 Å². The molecule has 5 N–H and O–H groups in total. The van der Waals surface area contributed by atoms with Crippen LogP contribution < -0.4 is 15.2 Å². The summed E-state index contributed by atoms with van der Waals surface area (Å²) in [5.41, 5.74) is 5.99. The maximum atomic E-state index is 11.8. The van der Waals surface area contributed by atoms with Gasteiger partial charge in [-0.05, 0) is 34.2 Å². The molecule has 4 aromatic rings. The van der Waals surface area contributed by atoms with Crippen molar-refractivity contribution in [3.05, 3.63) is 59.7 Å². The number of hydrogen-bond donors (Lipinski definition) is 4. The van der Waals surface area contributed by atoms with Crippen LogP contribution in [0.15, 0.2) is 53.7 Å². The van der Waals surface area contributed by atoms with Crippen LogP contribution >= 0.6 is 11.8 Å². The summed E-state index contributed by atoms with van der Waals surface area (Å²) < 4.78 is 32.2. The molecule has 1 atom stereocenters. The van der Waals surface area contributed by atoms with Crippen LogP contribution in [0.2, 0.25) is 0 Å². The van der Waals surface area contributed by atoms with Gasteiger partial charge in [-0.1, -0.05) is 179 Å². The summed E-state index contributed by atoms with van der Waals surface area (Å²) in [4.78, 5) is 22.8. The van der Waals surface area contributed by atoms with E-state index in [9.17, 15) is 23.5 Å². The van der Waals surface area contributed by atoms with Crippen LogP contribution in [0.3, 0.4) is 0 Å². The lowest BCUT2D eigenvalue weighted by atomic mass is 10.0. The predicted octanol–water partition coefficient (Wildman–Crippen LogP) is 10.7. The predicted molar refractivity (Wildman–Crippen MR) is 229 cm³/mol. The van der Waals surface area contributed by atoms with Crippen molar-refractivity contribution in [2.45, 2.75) is 154 Å². The number of fused-ring (bicyclic) bond motifs is 1. The number of thioether (sulfide) groups is 1. The molecule has 4 rings (SSSR count). The van der Waals surface area contributed by atoms with Crippen molar-refractivity contribution in [3.8, 4) is 17.2 Å². The van der Waals surface area contributed by atoms with E-state index in [2.05, 4.69) is 47.9 Å². The number of carboxylic acids is 1. The van der Waals surface area contributed by atoms with Crippen molar-refractivity contribution in [1.82, 2.24) is 20.2 Å². The largest absolute Gasteiger partial charge is 0.755 e. The molecule has 0 aliphatic heterocycles. The topological polar surface area (TPSA) is 206 Å². The zero-order chi connectivity index (χ0) is 41.8. The van der Waals surface area contributed by atoms with E-state index in [1.807, 2.05) is 0 Å². The van der Waals surface area contributed by atoms with E-state index in [4.69, 9.17) is 15.6 Å². The fourth-order valence-corrected chi connectivity index (χ4v) is 6.92. The number of ether oxygens (including phenoxy) is 1. The average Bonchev–Trinajstić information content (AvgIpc) is 3.63. The molecular weight excluding hydrogens is 765 g/mol. The van der Waals surface area contributed by atoms with Crippen molar-refractivity contribution in [3.63, 3.8) is 0 Å². The number of amides is 1. The number of phenols is 1. The monoisotopic (exact) mass is 827 g/mol. The van der Waals surface area contributed by atoms with Gasteiger partial charge in [0.1, 0.15) is 18.0 Å². The van der Waals surface area contributed by atoms with E-state index in [1.54, 1.807) is 30.3 Å². The minimum atomic E-state index is -2.68. The third-order valence-electron chi connectivity index (χ3n) is 9.06. The summed E-state index contributed by atoms with van der Waals surface area (Å²) in [6, 6.07) is 12.6. The number of carbonyl (C=O) groups is 2. The van der Waals surface area contributed by atoms with Crippen molar-refractivity contribution in [2.75, 3.05) is 4.72 Å². The highest BCUT2D eigenvalue weighted by atomic mass is 32.2. The molecule has 0 saturated heterocycles. The maximum absolute atomic E-state index is 11.8. The number of tetrazole rings is 1. The fraction of sp³-hybridized carbons (Fsp3) is 0.548. The number of aliphatic carboxylic acids is 1. The Morgan fingerprint density at radius 2 is 1.35 bits per heavy atom. The second-order valence-electron chi connectivity index (χ2n) is 13.8. The Hall–Kier alpha value is -4.21. The number of primary amides is 1. The van der Waals surface area contributed by atoms with Crippen LogP contribution in [0.5, 0.6) is 17.2 Å². The molecule has 0 fully saturated rings. The minimum Gasteiger partial charge on any atom is -0.755 e. The molecule has 13 nitrogen and oxygen atoms in total. The van der Waals surface area contributed by atoms with Crippen LogP contribution in [-0.4, -0.2) is 51.1 Å². The number of carbonyl (C=O) groups excluding carboxylic acids is 1. The first-order valence-electron chi connectivity index (χ1n) is 20.4. The number of aromatic nitrogens is 4. The van der Waals surface area contributed by atoms with Gasteiger partial charge in [0.2, 0.25) is 5.16 Å². The number of rotatable bonds is 25. The van der Waals surface area contributed by atoms with Crippen molar-refractivity contribution in [2.24, 2.45) is 5.73 Å². The highest BCUT2D eigenvalue weighted by Crippen LogP contribution is 2.40. The van der Waals surface area contributed by atoms with Crippen molar-refractivity contribution < 1.29 is 33.3 Å². The van der Waals surface area contributed by atoms with Crippen LogP contribution in [0, 0.1) is 0 Å². The van der Waals surface area contributed by atoms with Gasteiger partial charge in [-0.3, -0.25) is 13.8 Å². The Labute approximate surface area is 345 Å². The summed E-state index contributed by atoms with van der Waals surface area (Å²) in [5, 5.41) is 31.3. The van der Waals surface area contributed by atoms with Gasteiger partial charge >= 0.3 is 5.97 Å². The van der Waals surface area contributed by atoms with E-state index >= 15 is 0 Å².